The van der Waals surface area contributed by atoms with Crippen LogP contribution in [0.15, 0.2) is 0 Å². The Bertz CT molecular complexity index is 119. The number of hydrogen-bond acceptors (Lipinski definition) is 9. The van der Waals surface area contributed by atoms with Gasteiger partial charge in [0.05, 0.1) is 6.61 Å². The first-order chi connectivity index (χ1) is 7.68. The van der Waals surface area contributed by atoms with Crippen molar-refractivity contribution in [1.82, 2.24) is 0 Å². The molecule has 0 saturated carbocycles. The summed E-state index contributed by atoms with van der Waals surface area (Å²) in [5.74, 6) is 1.23. The third-order valence-corrected chi connectivity index (χ3v) is 5.86. The zero-order chi connectivity index (χ0) is 12.6. The van der Waals surface area contributed by atoms with Gasteiger partial charge in [-0.2, -0.15) is 4.67 Å². The van der Waals surface area contributed by atoms with Gasteiger partial charge in [0.25, 0.3) is 0 Å². The van der Waals surface area contributed by atoms with E-state index in [4.69, 9.17) is 9.79 Å². The van der Waals surface area contributed by atoms with E-state index in [9.17, 15) is 0 Å². The second kappa shape index (κ2) is 19.0. The molecule has 100 valence electrons. The number of methoxy groups -OCH3 is 1. The van der Waals surface area contributed by atoms with Gasteiger partial charge in [-0.25, -0.2) is 4.89 Å². The van der Waals surface area contributed by atoms with E-state index in [2.05, 4.69) is 32.9 Å². The molecule has 0 aliphatic rings. The fraction of sp³-hybridized carbons (Fsp3) is 1.00. The average molecular weight is 328 g/mol. The van der Waals surface area contributed by atoms with Crippen molar-refractivity contribution in [2.45, 2.75) is 13.3 Å². The molecule has 0 bridgehead atoms. The normalized spacial score (nSPS) is 10.1. The van der Waals surface area contributed by atoms with Gasteiger partial charge >= 0.3 is 8.60 Å². The zero-order valence-electron chi connectivity index (χ0n) is 9.07. The van der Waals surface area contributed by atoms with Gasteiger partial charge in [-0.05, 0) is 26.1 Å². The monoisotopic (exact) mass is 328 g/mol. The lowest BCUT2D eigenvalue weighted by Gasteiger charge is -2.01. The molecule has 16 heavy (non-hydrogen) atoms. The topological polar surface area (TPSA) is 68.2 Å². The molecule has 0 spiro atoms. The summed E-state index contributed by atoms with van der Waals surface area (Å²) in [5, 5.41) is 0. The fourth-order valence-corrected chi connectivity index (χ4v) is 3.78. The molecule has 10 heteroatoms. The maximum atomic E-state index is 8.08. The van der Waals surface area contributed by atoms with E-state index in [1.54, 1.807) is 9.83 Å². The van der Waals surface area contributed by atoms with Crippen molar-refractivity contribution in [3.8, 4) is 0 Å². The molecule has 2 N–H and O–H groups in total. The van der Waals surface area contributed by atoms with E-state index in [1.807, 2.05) is 10.8 Å². The van der Waals surface area contributed by atoms with Gasteiger partial charge < -0.3 is 14.5 Å². The maximum absolute atomic E-state index is 8.08. The molecular weight excluding hydrogens is 311 g/mol. The van der Waals surface area contributed by atoms with Crippen LogP contribution in [0.3, 0.4) is 0 Å². The molecule has 0 rings (SSSR count). The summed E-state index contributed by atoms with van der Waals surface area (Å²) in [6, 6.07) is 0. The van der Waals surface area contributed by atoms with Gasteiger partial charge in [-0.1, -0.05) is 29.4 Å². The minimum atomic E-state index is -2.39. The largest absolute Gasteiger partial charge is 0.382 e. The minimum absolute atomic E-state index is 0.191. The quantitative estimate of drug-likeness (QED) is 0.149. The Labute approximate surface area is 114 Å². The fourth-order valence-electron chi connectivity index (χ4n) is 0.341. The van der Waals surface area contributed by atoms with Crippen molar-refractivity contribution >= 4 is 50.7 Å². The number of rotatable bonds is 9. The first kappa shape index (κ1) is 20.0. The van der Waals surface area contributed by atoms with Gasteiger partial charge in [0.2, 0.25) is 0 Å². The summed E-state index contributed by atoms with van der Waals surface area (Å²) in [5.41, 5.74) is 0. The van der Waals surface area contributed by atoms with Crippen LogP contribution in [0.5, 0.6) is 0 Å². The molecule has 0 aliphatic carbocycles. The van der Waals surface area contributed by atoms with Crippen LogP contribution < -0.4 is 0 Å². The summed E-state index contributed by atoms with van der Waals surface area (Å²) in [6.45, 7) is 2.73. The van der Waals surface area contributed by atoms with E-state index in [0.29, 0.717) is 6.61 Å². The smallest absolute Gasteiger partial charge is 0.357 e. The SMILES string of the molecule is CCCSSSS.COCCOOP(O)O. The second-order valence-electron chi connectivity index (χ2n) is 2.11. The standard InChI is InChI=1S/C3H9O5P.C3H8S4/c1-6-2-3-7-8-9(4)5;1-2-3-5-7-6-4/h4-5H,2-3H2,1H3;4H,2-3H2,1H3. The van der Waals surface area contributed by atoms with Crippen LogP contribution in [-0.2, 0) is 14.3 Å². The Balaban J connectivity index is 0. The highest BCUT2D eigenvalue weighted by Gasteiger charge is 1.97. The van der Waals surface area contributed by atoms with E-state index in [0.717, 1.165) is 0 Å². The summed E-state index contributed by atoms with van der Waals surface area (Å²) in [6.07, 6.45) is 1.26. The average Bonchev–Trinajstić information content (AvgIpc) is 2.26. The number of hydrogen-bond donors (Lipinski definition) is 3. The summed E-state index contributed by atoms with van der Waals surface area (Å²) >= 11 is 3.95. The van der Waals surface area contributed by atoms with Crippen LogP contribution in [0.2, 0.25) is 0 Å². The van der Waals surface area contributed by atoms with Crippen LogP contribution in [0.25, 0.3) is 0 Å². The van der Waals surface area contributed by atoms with Crippen molar-refractivity contribution in [2.24, 2.45) is 0 Å². The minimum Gasteiger partial charge on any atom is -0.382 e. The van der Waals surface area contributed by atoms with Crippen LogP contribution in [-0.4, -0.2) is 35.9 Å². The van der Waals surface area contributed by atoms with Gasteiger partial charge in [-0.15, -0.1) is 0 Å². The molecule has 0 amide bonds. The first-order valence-electron chi connectivity index (χ1n) is 4.25. The van der Waals surface area contributed by atoms with Gasteiger partial charge in [0, 0.05) is 12.9 Å². The lowest BCUT2D eigenvalue weighted by molar-refractivity contribution is -0.219. The lowest BCUT2D eigenvalue weighted by atomic mass is 10.6. The predicted molar refractivity (Wildman–Crippen MR) is 77.2 cm³/mol. The van der Waals surface area contributed by atoms with E-state index >= 15 is 0 Å². The van der Waals surface area contributed by atoms with Crippen LogP contribution in [0.4, 0.5) is 0 Å². The van der Waals surface area contributed by atoms with Crippen LogP contribution in [0, 0.1) is 0 Å². The molecule has 0 heterocycles. The number of ether oxygens (including phenoxy) is 1. The van der Waals surface area contributed by atoms with E-state index in [1.165, 1.54) is 29.1 Å². The third kappa shape index (κ3) is 24.7. The lowest BCUT2D eigenvalue weighted by Crippen LogP contribution is -1.99. The Kier molecular flexibility index (Phi) is 23.7. The third-order valence-electron chi connectivity index (χ3n) is 0.856. The highest BCUT2D eigenvalue weighted by atomic mass is 33.7. The summed E-state index contributed by atoms with van der Waals surface area (Å²) < 4.78 is 8.50. The maximum Gasteiger partial charge on any atom is 0.357 e. The molecule has 0 aromatic rings. The van der Waals surface area contributed by atoms with Crippen LogP contribution >= 0.6 is 50.7 Å². The first-order valence-corrected chi connectivity index (χ1v) is 10.1. The van der Waals surface area contributed by atoms with Gasteiger partial charge in [0.15, 0.2) is 0 Å². The van der Waals surface area contributed by atoms with E-state index < -0.39 is 8.60 Å². The molecule has 0 fully saturated rings. The molecular formula is C6H17O5PS4. The Hall–Kier alpha value is 1.63. The Morgan fingerprint density at radius 1 is 1.31 bits per heavy atom. The molecule has 0 radical (unpaired) electrons. The second-order valence-corrected chi connectivity index (χ2v) is 7.82. The van der Waals surface area contributed by atoms with Crippen molar-refractivity contribution < 1.29 is 24.1 Å². The predicted octanol–water partition coefficient (Wildman–Crippen LogP) is 3.06. The Morgan fingerprint density at radius 2 is 2.00 bits per heavy atom. The van der Waals surface area contributed by atoms with Crippen LogP contribution in [0.1, 0.15) is 13.3 Å². The van der Waals surface area contributed by atoms with Gasteiger partial charge in [0.1, 0.15) is 6.61 Å². The highest BCUT2D eigenvalue weighted by molar-refractivity contribution is 9.23. The van der Waals surface area contributed by atoms with Crippen molar-refractivity contribution in [2.75, 3.05) is 26.1 Å². The summed E-state index contributed by atoms with van der Waals surface area (Å²) in [4.78, 5) is 20.4. The molecule has 0 unspecified atom stereocenters. The Morgan fingerprint density at radius 3 is 2.44 bits per heavy atom. The number of thiol groups is 1. The zero-order valence-corrected chi connectivity index (χ0v) is 13.3. The highest BCUT2D eigenvalue weighted by Crippen LogP contribution is 2.36. The van der Waals surface area contributed by atoms with Crippen molar-refractivity contribution in [3.05, 3.63) is 0 Å². The van der Waals surface area contributed by atoms with E-state index in [-0.39, 0.29) is 6.61 Å². The molecule has 0 aromatic heterocycles. The molecule has 0 atom stereocenters. The summed E-state index contributed by atoms with van der Waals surface area (Å²) in [7, 11) is 4.21. The van der Waals surface area contributed by atoms with Gasteiger partial charge in [-0.3, -0.25) is 0 Å². The molecule has 5 nitrogen and oxygen atoms in total. The van der Waals surface area contributed by atoms with Crippen molar-refractivity contribution in [1.29, 1.82) is 0 Å². The molecule has 0 aliphatic heterocycles. The molecule has 0 saturated heterocycles. The molecule has 0 aromatic carbocycles. The van der Waals surface area contributed by atoms with Crippen molar-refractivity contribution in [3.63, 3.8) is 0 Å².